The van der Waals surface area contributed by atoms with E-state index in [2.05, 4.69) is 15.0 Å². The van der Waals surface area contributed by atoms with Gasteiger partial charge in [0.1, 0.15) is 6.04 Å². The largest absolute Gasteiger partial charge is 0.480 e. The van der Waals surface area contributed by atoms with Crippen molar-refractivity contribution in [2.45, 2.75) is 18.9 Å². The fraction of sp³-hybridized carbons (Fsp3) is 0.800. The van der Waals surface area contributed by atoms with Crippen molar-refractivity contribution in [3.63, 3.8) is 0 Å². The summed E-state index contributed by atoms with van der Waals surface area (Å²) in [4.78, 5) is 24.2. The summed E-state index contributed by atoms with van der Waals surface area (Å²) in [5.74, 6) is -1.02. The first-order valence-electron chi connectivity index (χ1n) is 5.30. The van der Waals surface area contributed by atoms with Gasteiger partial charge in [0.05, 0.1) is 7.11 Å². The van der Waals surface area contributed by atoms with Crippen LogP contribution < -0.4 is 5.32 Å². The Morgan fingerprint density at radius 1 is 1.44 bits per heavy atom. The first kappa shape index (κ1) is 12.8. The van der Waals surface area contributed by atoms with Crippen LogP contribution in [0.1, 0.15) is 12.8 Å². The van der Waals surface area contributed by atoms with E-state index in [1.165, 1.54) is 7.11 Å². The summed E-state index contributed by atoms with van der Waals surface area (Å²) in [5, 5.41) is 11.4. The summed E-state index contributed by atoms with van der Waals surface area (Å²) in [6.07, 6.45) is 0.862. The van der Waals surface area contributed by atoms with E-state index in [9.17, 15) is 9.59 Å². The second-order valence-corrected chi connectivity index (χ2v) is 4.09. The maximum Gasteiger partial charge on any atom is 0.407 e. The molecule has 1 saturated heterocycles. The summed E-state index contributed by atoms with van der Waals surface area (Å²) >= 11 is 0. The normalized spacial score (nSPS) is 20.1. The highest BCUT2D eigenvalue weighted by Gasteiger charge is 2.31. The second kappa shape index (κ2) is 5.69. The molecule has 1 atom stereocenters. The third-order valence-electron chi connectivity index (χ3n) is 2.96. The number of piperidine rings is 1. The lowest BCUT2D eigenvalue weighted by Crippen LogP contribution is -2.49. The molecule has 0 saturated carbocycles. The minimum atomic E-state index is -1.00. The van der Waals surface area contributed by atoms with Gasteiger partial charge in [-0.3, -0.25) is 0 Å². The Bertz CT molecular complexity index is 262. The molecule has 1 aliphatic heterocycles. The van der Waals surface area contributed by atoms with Crippen LogP contribution in [0.5, 0.6) is 0 Å². The summed E-state index contributed by atoms with van der Waals surface area (Å²) in [6, 6.07) is -0.846. The summed E-state index contributed by atoms with van der Waals surface area (Å²) in [6.45, 7) is 1.72. The standard InChI is InChI=1S/C10H18N2O4/c1-12-5-3-7(4-6-12)8(9(13)14)11-10(15)16-2/h7-8H,3-6H2,1-2H3,(H,11,15)(H,13,14). The molecule has 0 aromatic heterocycles. The lowest BCUT2D eigenvalue weighted by atomic mass is 9.89. The predicted octanol–water partition coefficient (Wildman–Crippen LogP) is 0.137. The molecule has 0 radical (unpaired) electrons. The maximum atomic E-state index is 11.0. The number of nitrogens with zero attached hydrogens (tertiary/aromatic N) is 1. The fourth-order valence-electron chi connectivity index (χ4n) is 1.93. The van der Waals surface area contributed by atoms with E-state index < -0.39 is 18.1 Å². The average Bonchev–Trinajstić information content (AvgIpc) is 2.26. The lowest BCUT2D eigenvalue weighted by Gasteiger charge is -2.32. The van der Waals surface area contributed by atoms with Gasteiger partial charge >= 0.3 is 12.1 Å². The summed E-state index contributed by atoms with van der Waals surface area (Å²) in [5.41, 5.74) is 0. The van der Waals surface area contributed by atoms with E-state index >= 15 is 0 Å². The topological polar surface area (TPSA) is 78.9 Å². The highest BCUT2D eigenvalue weighted by Crippen LogP contribution is 2.20. The van der Waals surface area contributed by atoms with Gasteiger partial charge in [-0.2, -0.15) is 0 Å². The van der Waals surface area contributed by atoms with Crippen molar-refractivity contribution in [3.05, 3.63) is 0 Å². The number of carboxylic acids is 1. The minimum absolute atomic E-state index is 0.0206. The zero-order valence-corrected chi connectivity index (χ0v) is 9.60. The molecule has 1 unspecified atom stereocenters. The van der Waals surface area contributed by atoms with E-state index in [4.69, 9.17) is 5.11 Å². The van der Waals surface area contributed by atoms with Crippen molar-refractivity contribution in [1.29, 1.82) is 0 Å². The molecule has 16 heavy (non-hydrogen) atoms. The van der Waals surface area contributed by atoms with Crippen LogP contribution in [0.25, 0.3) is 0 Å². The highest BCUT2D eigenvalue weighted by atomic mass is 16.5. The van der Waals surface area contributed by atoms with Gasteiger partial charge in [-0.1, -0.05) is 0 Å². The Labute approximate surface area is 94.6 Å². The molecule has 0 spiro atoms. The Morgan fingerprint density at radius 2 is 2.00 bits per heavy atom. The van der Waals surface area contributed by atoms with Crippen molar-refractivity contribution in [3.8, 4) is 0 Å². The Hall–Kier alpha value is -1.30. The molecule has 1 aliphatic rings. The van der Waals surface area contributed by atoms with Gasteiger partial charge in [-0.25, -0.2) is 9.59 Å². The van der Waals surface area contributed by atoms with Crippen molar-refractivity contribution in [2.24, 2.45) is 5.92 Å². The Balaban J connectivity index is 2.56. The zero-order chi connectivity index (χ0) is 12.1. The molecular formula is C10H18N2O4. The van der Waals surface area contributed by atoms with Gasteiger partial charge in [0.15, 0.2) is 0 Å². The SMILES string of the molecule is COC(=O)NC(C(=O)O)C1CCN(C)CC1. The number of likely N-dealkylation sites (tertiary alicyclic amines) is 1. The van der Waals surface area contributed by atoms with Crippen molar-refractivity contribution in [1.82, 2.24) is 10.2 Å². The zero-order valence-electron chi connectivity index (χ0n) is 9.60. The van der Waals surface area contributed by atoms with E-state index in [1.54, 1.807) is 0 Å². The number of nitrogens with one attached hydrogen (secondary N) is 1. The number of alkyl carbamates (subject to hydrolysis) is 1. The number of hydrogen-bond donors (Lipinski definition) is 2. The van der Waals surface area contributed by atoms with Crippen LogP contribution in [0.2, 0.25) is 0 Å². The van der Waals surface area contributed by atoms with Crippen molar-refractivity contribution >= 4 is 12.1 Å². The fourth-order valence-corrected chi connectivity index (χ4v) is 1.93. The number of carboxylic acid groups (broad SMARTS) is 1. The molecule has 6 nitrogen and oxygen atoms in total. The quantitative estimate of drug-likeness (QED) is 0.721. The molecule has 1 amide bonds. The van der Waals surface area contributed by atoms with E-state index in [0.717, 1.165) is 25.9 Å². The summed E-state index contributed by atoms with van der Waals surface area (Å²) < 4.78 is 4.42. The molecule has 2 N–H and O–H groups in total. The molecule has 0 bridgehead atoms. The van der Waals surface area contributed by atoms with Crippen LogP contribution in [-0.2, 0) is 9.53 Å². The molecule has 1 heterocycles. The molecule has 0 aromatic carbocycles. The predicted molar refractivity (Wildman–Crippen MR) is 57.2 cm³/mol. The first-order chi connectivity index (χ1) is 7.54. The molecule has 6 heteroatoms. The van der Waals surface area contributed by atoms with Gasteiger partial charge in [-0.05, 0) is 38.9 Å². The number of aliphatic carboxylic acids is 1. The molecule has 0 aliphatic carbocycles. The number of carbonyl (C=O) groups excluding carboxylic acids is 1. The molecule has 92 valence electrons. The number of ether oxygens (including phenoxy) is 1. The van der Waals surface area contributed by atoms with E-state index in [-0.39, 0.29) is 5.92 Å². The van der Waals surface area contributed by atoms with E-state index in [0.29, 0.717) is 0 Å². The van der Waals surface area contributed by atoms with Gasteiger partial charge in [-0.15, -0.1) is 0 Å². The van der Waals surface area contributed by atoms with Crippen LogP contribution in [0.3, 0.4) is 0 Å². The third kappa shape index (κ3) is 3.37. The van der Waals surface area contributed by atoms with Crippen LogP contribution in [0.15, 0.2) is 0 Å². The lowest BCUT2D eigenvalue weighted by molar-refractivity contribution is -0.141. The van der Waals surface area contributed by atoms with Crippen LogP contribution >= 0.6 is 0 Å². The molecule has 1 fully saturated rings. The molecular weight excluding hydrogens is 212 g/mol. The minimum Gasteiger partial charge on any atom is -0.480 e. The average molecular weight is 230 g/mol. The Morgan fingerprint density at radius 3 is 2.44 bits per heavy atom. The van der Waals surface area contributed by atoms with E-state index in [1.807, 2.05) is 7.05 Å². The van der Waals surface area contributed by atoms with Gasteiger partial charge in [0.2, 0.25) is 0 Å². The van der Waals surface area contributed by atoms with Crippen LogP contribution in [0.4, 0.5) is 4.79 Å². The second-order valence-electron chi connectivity index (χ2n) is 4.09. The number of rotatable bonds is 3. The molecule has 1 rings (SSSR count). The number of hydrogen-bond acceptors (Lipinski definition) is 4. The van der Waals surface area contributed by atoms with Crippen LogP contribution in [0, 0.1) is 5.92 Å². The maximum absolute atomic E-state index is 11.0. The monoisotopic (exact) mass is 230 g/mol. The Kier molecular flexibility index (Phi) is 4.54. The van der Waals surface area contributed by atoms with Crippen molar-refractivity contribution < 1.29 is 19.4 Å². The van der Waals surface area contributed by atoms with Crippen molar-refractivity contribution in [2.75, 3.05) is 27.2 Å². The first-order valence-corrected chi connectivity index (χ1v) is 5.30. The molecule has 0 aromatic rings. The van der Waals surface area contributed by atoms with Gasteiger partial charge in [0.25, 0.3) is 0 Å². The van der Waals surface area contributed by atoms with Gasteiger partial charge in [0, 0.05) is 0 Å². The third-order valence-corrected chi connectivity index (χ3v) is 2.96. The van der Waals surface area contributed by atoms with Gasteiger partial charge < -0.3 is 20.1 Å². The highest BCUT2D eigenvalue weighted by molar-refractivity contribution is 5.80. The number of amides is 1. The number of methoxy groups -OCH3 is 1. The summed E-state index contributed by atoms with van der Waals surface area (Å²) in [7, 11) is 3.22. The number of carbonyl (C=O) groups is 2. The van der Waals surface area contributed by atoms with Crippen LogP contribution in [-0.4, -0.2) is 55.4 Å². The smallest absolute Gasteiger partial charge is 0.407 e.